The summed E-state index contributed by atoms with van der Waals surface area (Å²) in [5.74, 6) is -0.212. The van der Waals surface area contributed by atoms with Gasteiger partial charge in [0.1, 0.15) is 5.72 Å². The first-order chi connectivity index (χ1) is 6.38. The Labute approximate surface area is 84.5 Å². The molecule has 0 heterocycles. The molecule has 0 atom stereocenters. The SMILES string of the molecule is CC1=CC(C(=O)NC(C)(C)O)=CCC1. The summed E-state index contributed by atoms with van der Waals surface area (Å²) in [6, 6.07) is 0. The summed E-state index contributed by atoms with van der Waals surface area (Å²) in [7, 11) is 0. The predicted octanol–water partition coefficient (Wildman–Crippen LogP) is 1.50. The maximum atomic E-state index is 11.6. The summed E-state index contributed by atoms with van der Waals surface area (Å²) in [6.45, 7) is 5.10. The Balaban J connectivity index is 2.67. The Hall–Kier alpha value is -1.09. The van der Waals surface area contributed by atoms with Crippen molar-refractivity contribution in [2.45, 2.75) is 39.3 Å². The molecule has 0 unspecified atom stereocenters. The molecule has 0 saturated carbocycles. The minimum Gasteiger partial charge on any atom is -0.372 e. The zero-order valence-electron chi connectivity index (χ0n) is 8.92. The van der Waals surface area contributed by atoms with Crippen LogP contribution in [0.1, 0.15) is 33.6 Å². The van der Waals surface area contributed by atoms with Gasteiger partial charge >= 0.3 is 0 Å². The maximum Gasteiger partial charge on any atom is 0.253 e. The molecule has 0 spiro atoms. The summed E-state index contributed by atoms with van der Waals surface area (Å²) >= 11 is 0. The molecule has 1 rings (SSSR count). The average molecular weight is 195 g/mol. The lowest BCUT2D eigenvalue weighted by atomic mass is 10.00. The number of carbonyl (C=O) groups is 1. The van der Waals surface area contributed by atoms with Crippen LogP contribution in [0.25, 0.3) is 0 Å². The Morgan fingerprint density at radius 1 is 1.57 bits per heavy atom. The second-order valence-corrected chi connectivity index (χ2v) is 4.20. The lowest BCUT2D eigenvalue weighted by molar-refractivity contribution is -0.122. The number of nitrogens with one attached hydrogen (secondary N) is 1. The minimum absolute atomic E-state index is 0.212. The molecule has 0 aliphatic heterocycles. The van der Waals surface area contributed by atoms with Crippen molar-refractivity contribution < 1.29 is 9.90 Å². The number of carbonyl (C=O) groups excluding carboxylic acids is 1. The molecule has 1 aliphatic carbocycles. The van der Waals surface area contributed by atoms with Crippen molar-refractivity contribution in [3.05, 3.63) is 23.3 Å². The van der Waals surface area contributed by atoms with E-state index in [-0.39, 0.29) is 5.91 Å². The molecule has 1 aliphatic rings. The third-order valence-electron chi connectivity index (χ3n) is 1.99. The Bertz CT molecular complexity index is 295. The molecule has 78 valence electrons. The summed E-state index contributed by atoms with van der Waals surface area (Å²) in [5.41, 5.74) is 0.696. The van der Waals surface area contributed by atoms with E-state index in [1.807, 2.05) is 19.1 Å². The average Bonchev–Trinajstić information content (AvgIpc) is 2.01. The second kappa shape index (κ2) is 3.96. The van der Waals surface area contributed by atoms with Crippen LogP contribution in [0.15, 0.2) is 23.3 Å². The van der Waals surface area contributed by atoms with Crippen LogP contribution in [-0.4, -0.2) is 16.7 Å². The molecule has 3 heteroatoms. The molecule has 0 radical (unpaired) electrons. The topological polar surface area (TPSA) is 49.3 Å². The molecular weight excluding hydrogens is 178 g/mol. The molecule has 0 aromatic rings. The van der Waals surface area contributed by atoms with E-state index < -0.39 is 5.72 Å². The predicted molar refractivity (Wildman–Crippen MR) is 55.5 cm³/mol. The number of amides is 1. The van der Waals surface area contributed by atoms with Crippen molar-refractivity contribution in [2.75, 3.05) is 0 Å². The highest BCUT2D eigenvalue weighted by Gasteiger charge is 2.18. The van der Waals surface area contributed by atoms with Crippen LogP contribution < -0.4 is 5.32 Å². The van der Waals surface area contributed by atoms with Gasteiger partial charge in [0.25, 0.3) is 5.91 Å². The standard InChI is InChI=1S/C11H17NO2/c1-8-5-4-6-9(7-8)10(13)12-11(2,3)14/h6-7,14H,4-5H2,1-3H3,(H,12,13). The molecule has 3 nitrogen and oxygen atoms in total. The fourth-order valence-corrected chi connectivity index (χ4v) is 1.36. The molecule has 0 saturated heterocycles. The van der Waals surface area contributed by atoms with Gasteiger partial charge in [-0.2, -0.15) is 0 Å². The minimum atomic E-state index is -1.16. The van der Waals surface area contributed by atoms with Crippen LogP contribution in [0.4, 0.5) is 0 Å². The van der Waals surface area contributed by atoms with Gasteiger partial charge in [0, 0.05) is 5.57 Å². The Morgan fingerprint density at radius 2 is 2.21 bits per heavy atom. The van der Waals surface area contributed by atoms with Crippen LogP contribution >= 0.6 is 0 Å². The van der Waals surface area contributed by atoms with Crippen molar-refractivity contribution in [2.24, 2.45) is 0 Å². The summed E-state index contributed by atoms with van der Waals surface area (Å²) in [5, 5.41) is 11.9. The van der Waals surface area contributed by atoms with Crippen molar-refractivity contribution >= 4 is 5.91 Å². The van der Waals surface area contributed by atoms with Gasteiger partial charge in [-0.1, -0.05) is 17.7 Å². The highest BCUT2D eigenvalue weighted by Crippen LogP contribution is 2.17. The van der Waals surface area contributed by atoms with E-state index in [0.717, 1.165) is 12.8 Å². The number of aliphatic hydroxyl groups is 1. The van der Waals surface area contributed by atoms with E-state index >= 15 is 0 Å². The third-order valence-corrected chi connectivity index (χ3v) is 1.99. The Kier molecular flexibility index (Phi) is 3.11. The van der Waals surface area contributed by atoms with Crippen molar-refractivity contribution in [1.29, 1.82) is 0 Å². The van der Waals surface area contributed by atoms with Crippen LogP contribution in [0.3, 0.4) is 0 Å². The quantitative estimate of drug-likeness (QED) is 0.656. The van der Waals surface area contributed by atoms with Gasteiger partial charge in [0.05, 0.1) is 0 Å². The number of hydrogen-bond acceptors (Lipinski definition) is 2. The molecule has 0 bridgehead atoms. The van der Waals surface area contributed by atoms with Gasteiger partial charge in [-0.15, -0.1) is 0 Å². The van der Waals surface area contributed by atoms with Gasteiger partial charge in [0.15, 0.2) is 0 Å². The lowest BCUT2D eigenvalue weighted by Gasteiger charge is -2.20. The highest BCUT2D eigenvalue weighted by molar-refractivity contribution is 5.96. The smallest absolute Gasteiger partial charge is 0.253 e. The van der Waals surface area contributed by atoms with E-state index in [0.29, 0.717) is 5.57 Å². The van der Waals surface area contributed by atoms with Gasteiger partial charge in [-0.3, -0.25) is 4.79 Å². The normalized spacial score (nSPS) is 17.1. The number of allylic oxidation sites excluding steroid dienone is 2. The van der Waals surface area contributed by atoms with E-state index in [9.17, 15) is 9.90 Å². The van der Waals surface area contributed by atoms with Crippen LogP contribution in [0.5, 0.6) is 0 Å². The monoisotopic (exact) mass is 195 g/mol. The molecule has 0 aromatic heterocycles. The summed E-state index contributed by atoms with van der Waals surface area (Å²) in [6.07, 6.45) is 5.68. The molecule has 1 amide bonds. The fourth-order valence-electron chi connectivity index (χ4n) is 1.36. The molecular formula is C11H17NO2. The maximum absolute atomic E-state index is 11.6. The Morgan fingerprint density at radius 3 is 2.71 bits per heavy atom. The molecule has 0 fully saturated rings. The number of hydrogen-bond donors (Lipinski definition) is 2. The second-order valence-electron chi connectivity index (χ2n) is 4.20. The third kappa shape index (κ3) is 3.34. The van der Waals surface area contributed by atoms with Crippen molar-refractivity contribution in [1.82, 2.24) is 5.32 Å². The first kappa shape index (κ1) is 11.0. The molecule has 0 aromatic carbocycles. The van der Waals surface area contributed by atoms with Gasteiger partial charge in [0.2, 0.25) is 0 Å². The lowest BCUT2D eigenvalue weighted by Crippen LogP contribution is -2.43. The summed E-state index contributed by atoms with van der Waals surface area (Å²) in [4.78, 5) is 11.6. The van der Waals surface area contributed by atoms with E-state index in [4.69, 9.17) is 0 Å². The summed E-state index contributed by atoms with van der Waals surface area (Å²) < 4.78 is 0. The van der Waals surface area contributed by atoms with E-state index in [1.54, 1.807) is 13.8 Å². The van der Waals surface area contributed by atoms with Gasteiger partial charge < -0.3 is 10.4 Å². The largest absolute Gasteiger partial charge is 0.372 e. The zero-order chi connectivity index (χ0) is 10.8. The zero-order valence-corrected chi connectivity index (χ0v) is 8.92. The van der Waals surface area contributed by atoms with E-state index in [2.05, 4.69) is 5.32 Å². The number of rotatable bonds is 2. The molecule has 2 N–H and O–H groups in total. The fraction of sp³-hybridized carbons (Fsp3) is 0.545. The van der Waals surface area contributed by atoms with Gasteiger partial charge in [-0.05, 0) is 33.6 Å². The highest BCUT2D eigenvalue weighted by atomic mass is 16.3. The molecule has 14 heavy (non-hydrogen) atoms. The van der Waals surface area contributed by atoms with Crippen LogP contribution in [0, 0.1) is 0 Å². The first-order valence-electron chi connectivity index (χ1n) is 4.81. The van der Waals surface area contributed by atoms with Gasteiger partial charge in [-0.25, -0.2) is 0 Å². The van der Waals surface area contributed by atoms with Crippen LogP contribution in [0.2, 0.25) is 0 Å². The van der Waals surface area contributed by atoms with Crippen molar-refractivity contribution in [3.63, 3.8) is 0 Å². The first-order valence-corrected chi connectivity index (χ1v) is 4.81. The van der Waals surface area contributed by atoms with Crippen LogP contribution in [-0.2, 0) is 4.79 Å². The van der Waals surface area contributed by atoms with Crippen molar-refractivity contribution in [3.8, 4) is 0 Å². The van der Waals surface area contributed by atoms with E-state index in [1.165, 1.54) is 5.57 Å².